The molecular formula is C53H57N5O7S. The smallest absolute Gasteiger partial charge is 0.261 e. The number of para-hydroxylation sites is 2. The Kier molecular flexibility index (Phi) is 13.2. The third kappa shape index (κ3) is 9.56. The van der Waals surface area contributed by atoms with E-state index in [0.717, 1.165) is 57.7 Å². The molecule has 5 aromatic carbocycles. The maximum atomic E-state index is 14.1. The number of hydrogen-bond donors (Lipinski definition) is 1. The lowest BCUT2D eigenvalue weighted by Gasteiger charge is -2.32. The zero-order chi connectivity index (χ0) is 46.0. The number of carbonyl (C=O) groups excluding carboxylic acids is 2. The molecule has 0 fully saturated rings. The van der Waals surface area contributed by atoms with Crippen molar-refractivity contribution in [2.45, 2.75) is 77.0 Å². The second kappa shape index (κ2) is 19.4. The Balaban J connectivity index is 0.986. The summed E-state index contributed by atoms with van der Waals surface area (Å²) >= 11 is 4.94. The van der Waals surface area contributed by atoms with Crippen LogP contribution in [0.5, 0.6) is 17.2 Å². The lowest BCUT2D eigenvalue weighted by atomic mass is 10.1. The molecule has 342 valence electrons. The molecule has 2 atom stereocenters. The van der Waals surface area contributed by atoms with Gasteiger partial charge in [0.25, 0.3) is 11.8 Å². The molecule has 9 rings (SSSR count). The highest BCUT2D eigenvalue weighted by atomic mass is 32.1. The van der Waals surface area contributed by atoms with E-state index in [1.807, 2.05) is 77.7 Å². The molecule has 0 saturated carbocycles. The van der Waals surface area contributed by atoms with Crippen LogP contribution in [0.4, 0.5) is 28.4 Å². The van der Waals surface area contributed by atoms with Crippen LogP contribution in [-0.2, 0) is 35.5 Å². The minimum absolute atomic E-state index is 0.0651. The molecule has 4 aliphatic heterocycles. The molecule has 0 aromatic heterocycles. The Morgan fingerprint density at radius 1 is 0.697 bits per heavy atom. The van der Waals surface area contributed by atoms with Gasteiger partial charge < -0.3 is 28.6 Å². The zero-order valence-corrected chi connectivity index (χ0v) is 39.2. The van der Waals surface area contributed by atoms with Gasteiger partial charge in [-0.15, -0.1) is 0 Å². The van der Waals surface area contributed by atoms with Crippen molar-refractivity contribution in [1.82, 2.24) is 0 Å². The lowest BCUT2D eigenvalue weighted by Crippen LogP contribution is -2.37. The molecule has 0 bridgehead atoms. The number of carbonyl (C=O) groups is 2. The highest BCUT2D eigenvalue weighted by Gasteiger charge is 2.38. The first kappa shape index (κ1) is 45.0. The number of nitrogens with zero attached hydrogens (tertiary/aromatic N) is 5. The van der Waals surface area contributed by atoms with Crippen LogP contribution in [0.3, 0.4) is 0 Å². The van der Waals surface area contributed by atoms with Crippen molar-refractivity contribution in [3.8, 4) is 17.2 Å². The topological polar surface area (TPSA) is 115 Å². The number of ether oxygens (including phenoxy) is 5. The summed E-state index contributed by atoms with van der Waals surface area (Å²) in [6, 6.07) is 29.3. The standard InChI is InChI=1S/C53H57N5O7S/c1-6-16-62-18-19-63-17-15-56(33-53(3,4)66)39-22-35(31-64-48-27-44-42(20-34(48)2)51(59)57-40(29-54-44)24-37-11-7-9-13-46(37)57)21-36(23-39)32-65-50-28-45-43(26-49(50)61-5)52(60)58-41(30-55-45)25-38-12-8-10-14-47(38)58/h7-14,20-23,26-30,40-41,66H,6,15-19,24-25,31-33H2,1-5H3/t40-,41+/m1/s1. The third-order valence-corrected chi connectivity index (χ3v) is 12.4. The first-order valence-electron chi connectivity index (χ1n) is 22.8. The van der Waals surface area contributed by atoms with Gasteiger partial charge in [0.2, 0.25) is 0 Å². The Hall–Kier alpha value is -6.15. The van der Waals surface area contributed by atoms with Crippen LogP contribution >= 0.6 is 12.6 Å². The second-order valence-electron chi connectivity index (χ2n) is 17.9. The minimum Gasteiger partial charge on any atom is -0.493 e. The van der Waals surface area contributed by atoms with Crippen molar-refractivity contribution in [3.05, 3.63) is 130 Å². The average molecular weight is 908 g/mol. The van der Waals surface area contributed by atoms with E-state index in [4.69, 9.17) is 46.3 Å². The average Bonchev–Trinajstić information content (AvgIpc) is 3.80. The Morgan fingerprint density at radius 2 is 1.24 bits per heavy atom. The van der Waals surface area contributed by atoms with Crippen LogP contribution in [0, 0.1) is 6.92 Å². The van der Waals surface area contributed by atoms with E-state index >= 15 is 0 Å². The van der Waals surface area contributed by atoms with E-state index < -0.39 is 0 Å². The van der Waals surface area contributed by atoms with Crippen LogP contribution in [-0.4, -0.2) is 87.7 Å². The quantitative estimate of drug-likeness (QED) is 0.0684. The summed E-state index contributed by atoms with van der Waals surface area (Å²) < 4.78 is 30.4. The summed E-state index contributed by atoms with van der Waals surface area (Å²) in [5, 5.41) is 0. The van der Waals surface area contributed by atoms with Crippen molar-refractivity contribution in [2.24, 2.45) is 9.98 Å². The predicted octanol–water partition coefficient (Wildman–Crippen LogP) is 9.69. The maximum Gasteiger partial charge on any atom is 0.261 e. The number of aliphatic imine (C=N–C) groups is 2. The van der Waals surface area contributed by atoms with Crippen molar-refractivity contribution < 1.29 is 33.3 Å². The third-order valence-electron chi connectivity index (χ3n) is 12.3. The molecule has 66 heavy (non-hydrogen) atoms. The molecule has 12 nitrogen and oxygen atoms in total. The molecule has 2 amide bonds. The number of aryl methyl sites for hydroxylation is 1. The first-order valence-corrected chi connectivity index (χ1v) is 23.2. The number of hydrogen-bond acceptors (Lipinski definition) is 11. The Labute approximate surface area is 392 Å². The summed E-state index contributed by atoms with van der Waals surface area (Å²) in [5.74, 6) is 1.36. The van der Waals surface area contributed by atoms with Crippen molar-refractivity contribution in [2.75, 3.05) is 61.3 Å². The van der Waals surface area contributed by atoms with E-state index in [1.165, 1.54) is 0 Å². The van der Waals surface area contributed by atoms with Crippen molar-refractivity contribution in [1.29, 1.82) is 0 Å². The van der Waals surface area contributed by atoms with Gasteiger partial charge in [0.1, 0.15) is 19.0 Å². The molecule has 0 aliphatic carbocycles. The van der Waals surface area contributed by atoms with E-state index in [-0.39, 0.29) is 41.9 Å². The summed E-state index contributed by atoms with van der Waals surface area (Å²) in [5.41, 5.74) is 9.83. The van der Waals surface area contributed by atoms with Crippen molar-refractivity contribution >= 4 is 65.3 Å². The monoisotopic (exact) mass is 907 g/mol. The fraction of sp³-hybridized carbons (Fsp3) is 0.358. The van der Waals surface area contributed by atoms with Gasteiger partial charge in [0.15, 0.2) is 11.5 Å². The van der Waals surface area contributed by atoms with Gasteiger partial charge >= 0.3 is 0 Å². The van der Waals surface area contributed by atoms with E-state index in [9.17, 15) is 9.59 Å². The zero-order valence-electron chi connectivity index (χ0n) is 38.3. The normalized spacial score (nSPS) is 16.8. The molecule has 0 N–H and O–H groups in total. The van der Waals surface area contributed by atoms with Gasteiger partial charge in [-0.05, 0) is 97.5 Å². The summed E-state index contributed by atoms with van der Waals surface area (Å²) in [4.78, 5) is 43.7. The highest BCUT2D eigenvalue weighted by Crippen LogP contribution is 2.42. The second-order valence-corrected chi connectivity index (χ2v) is 19.1. The molecule has 0 spiro atoms. The minimum atomic E-state index is -0.328. The van der Waals surface area contributed by atoms with Gasteiger partial charge in [0, 0.05) is 78.9 Å². The Bertz CT molecular complexity index is 2700. The lowest BCUT2D eigenvalue weighted by molar-refractivity contribution is 0.0505. The SMILES string of the molecule is CCCOCCOCCN(CC(C)(C)S)c1cc(COc2cc3c(cc2C)C(=O)N2c4ccccc4C[C@@H]2C=N3)cc(COc2cc3c(cc2OC)C(=O)N2c4ccccc4C[C@H]2C=N3)c1. The number of thiol groups is 1. The number of anilines is 3. The molecule has 4 aliphatic rings. The van der Waals surface area contributed by atoms with Crippen LogP contribution in [0.2, 0.25) is 0 Å². The van der Waals surface area contributed by atoms with E-state index in [1.54, 1.807) is 19.2 Å². The fourth-order valence-electron chi connectivity index (χ4n) is 9.21. The largest absolute Gasteiger partial charge is 0.493 e. The van der Waals surface area contributed by atoms with Gasteiger partial charge in [-0.25, -0.2) is 0 Å². The van der Waals surface area contributed by atoms with Gasteiger partial charge in [-0.2, -0.15) is 12.6 Å². The molecule has 0 radical (unpaired) electrons. The van der Waals surface area contributed by atoms with Crippen LogP contribution in [0.1, 0.15) is 75.7 Å². The van der Waals surface area contributed by atoms with Crippen molar-refractivity contribution in [3.63, 3.8) is 0 Å². The van der Waals surface area contributed by atoms with Crippen LogP contribution in [0.15, 0.2) is 101 Å². The highest BCUT2D eigenvalue weighted by molar-refractivity contribution is 7.81. The molecular weight excluding hydrogens is 851 g/mol. The summed E-state index contributed by atoms with van der Waals surface area (Å²) in [7, 11) is 1.58. The predicted molar refractivity (Wildman–Crippen MR) is 264 cm³/mol. The van der Waals surface area contributed by atoms with Gasteiger partial charge in [-0.1, -0.05) is 43.3 Å². The summed E-state index contributed by atoms with van der Waals surface area (Å²) in [6.45, 7) is 12.2. The number of methoxy groups -OCH3 is 1. The molecule has 0 saturated heterocycles. The van der Waals surface area contributed by atoms with E-state index in [2.05, 4.69) is 56.0 Å². The molecule has 13 heteroatoms. The molecule has 0 unspecified atom stereocenters. The summed E-state index contributed by atoms with van der Waals surface area (Å²) in [6.07, 6.45) is 6.13. The first-order chi connectivity index (χ1) is 32.0. The van der Waals surface area contributed by atoms with Gasteiger partial charge in [0.05, 0.1) is 61.5 Å². The van der Waals surface area contributed by atoms with Crippen LogP contribution < -0.4 is 28.9 Å². The number of fused-ring (bicyclic) bond motifs is 8. The molecule has 4 heterocycles. The molecule has 5 aromatic rings. The van der Waals surface area contributed by atoms with E-state index in [0.29, 0.717) is 85.7 Å². The number of rotatable bonds is 18. The fourth-order valence-corrected chi connectivity index (χ4v) is 9.38. The maximum absolute atomic E-state index is 14.1. The number of benzene rings is 5. The van der Waals surface area contributed by atoms with Crippen LogP contribution in [0.25, 0.3) is 0 Å². The Morgan fingerprint density at radius 3 is 1.82 bits per heavy atom. The number of amides is 2. The van der Waals surface area contributed by atoms with Gasteiger partial charge in [-0.3, -0.25) is 29.4 Å².